The summed E-state index contributed by atoms with van der Waals surface area (Å²) >= 11 is 0. The standard InChI is InChI=1S/C8H19NO2Si/c1-8(11-12-10-4)6-5-7-9(2)3/h8H,5-7H2,1-4H3. The average Bonchev–Trinajstić information content (AvgIpc) is 2.00. The quantitative estimate of drug-likeness (QED) is 0.556. The van der Waals surface area contributed by atoms with Crippen LogP contribution >= 0.6 is 0 Å². The Morgan fingerprint density at radius 1 is 1.42 bits per heavy atom. The zero-order chi connectivity index (χ0) is 9.40. The summed E-state index contributed by atoms with van der Waals surface area (Å²) in [5, 5.41) is 0. The van der Waals surface area contributed by atoms with Gasteiger partial charge >= 0.3 is 10.0 Å². The molecule has 72 valence electrons. The van der Waals surface area contributed by atoms with E-state index in [0.29, 0.717) is 6.10 Å². The highest BCUT2D eigenvalue weighted by molar-refractivity contribution is 6.17. The molecule has 0 amide bonds. The first kappa shape index (κ1) is 12.1. The molecule has 0 aliphatic rings. The van der Waals surface area contributed by atoms with Gasteiger partial charge in [0.1, 0.15) is 0 Å². The zero-order valence-electron chi connectivity index (χ0n) is 8.46. The van der Waals surface area contributed by atoms with Crippen molar-refractivity contribution in [2.45, 2.75) is 25.9 Å². The molecular weight excluding hydrogens is 170 g/mol. The molecule has 0 aliphatic carbocycles. The van der Waals surface area contributed by atoms with Crippen molar-refractivity contribution in [3.05, 3.63) is 0 Å². The number of hydrogen-bond acceptors (Lipinski definition) is 3. The molecule has 0 aromatic carbocycles. The summed E-state index contributed by atoms with van der Waals surface area (Å²) in [4.78, 5) is 2.19. The summed E-state index contributed by atoms with van der Waals surface area (Å²) in [5.74, 6) is 0. The van der Waals surface area contributed by atoms with E-state index in [0.717, 1.165) is 13.0 Å². The summed E-state index contributed by atoms with van der Waals surface area (Å²) in [7, 11) is 6.02. The van der Waals surface area contributed by atoms with E-state index in [1.54, 1.807) is 7.11 Å². The third-order valence-corrected chi connectivity index (χ3v) is 2.21. The van der Waals surface area contributed by atoms with Crippen LogP contribution in [0.4, 0.5) is 0 Å². The van der Waals surface area contributed by atoms with E-state index in [-0.39, 0.29) is 10.0 Å². The van der Waals surface area contributed by atoms with Crippen LogP contribution in [0.2, 0.25) is 0 Å². The Hall–Kier alpha value is 0.0969. The predicted octanol–water partition coefficient (Wildman–Crippen LogP) is 0.914. The van der Waals surface area contributed by atoms with Gasteiger partial charge in [-0.05, 0) is 40.4 Å². The van der Waals surface area contributed by atoms with E-state index in [9.17, 15) is 0 Å². The van der Waals surface area contributed by atoms with Gasteiger partial charge in [-0.2, -0.15) is 0 Å². The Kier molecular flexibility index (Phi) is 7.79. The summed E-state index contributed by atoms with van der Waals surface area (Å²) in [6.45, 7) is 3.21. The lowest BCUT2D eigenvalue weighted by Crippen LogP contribution is -2.17. The van der Waals surface area contributed by atoms with Gasteiger partial charge in [0, 0.05) is 13.2 Å². The fraction of sp³-hybridized carbons (Fsp3) is 1.00. The van der Waals surface area contributed by atoms with Crippen molar-refractivity contribution < 1.29 is 8.85 Å². The maximum absolute atomic E-state index is 5.36. The minimum absolute atomic E-state index is 0.187. The van der Waals surface area contributed by atoms with E-state index in [2.05, 4.69) is 25.9 Å². The van der Waals surface area contributed by atoms with Crippen LogP contribution < -0.4 is 0 Å². The van der Waals surface area contributed by atoms with E-state index < -0.39 is 0 Å². The van der Waals surface area contributed by atoms with Crippen molar-refractivity contribution in [2.24, 2.45) is 0 Å². The predicted molar refractivity (Wildman–Crippen MR) is 51.1 cm³/mol. The van der Waals surface area contributed by atoms with Gasteiger partial charge in [-0.1, -0.05) is 0 Å². The number of nitrogens with zero attached hydrogens (tertiary/aromatic N) is 1. The van der Waals surface area contributed by atoms with Crippen molar-refractivity contribution in [3.63, 3.8) is 0 Å². The molecule has 0 aromatic heterocycles. The molecule has 0 bridgehead atoms. The molecule has 0 heterocycles. The van der Waals surface area contributed by atoms with Gasteiger partial charge in [0.15, 0.2) is 0 Å². The van der Waals surface area contributed by atoms with E-state index in [1.165, 1.54) is 6.42 Å². The summed E-state index contributed by atoms with van der Waals surface area (Å²) < 4.78 is 10.2. The van der Waals surface area contributed by atoms with Crippen molar-refractivity contribution in [2.75, 3.05) is 27.7 Å². The Labute approximate surface area is 78.1 Å². The van der Waals surface area contributed by atoms with Crippen LogP contribution in [-0.4, -0.2) is 48.8 Å². The van der Waals surface area contributed by atoms with Gasteiger partial charge in [-0.25, -0.2) is 0 Å². The van der Waals surface area contributed by atoms with E-state index in [1.807, 2.05) is 0 Å². The number of hydrogen-bond donors (Lipinski definition) is 0. The Bertz CT molecular complexity index is 101. The molecule has 4 heteroatoms. The highest BCUT2D eigenvalue weighted by atomic mass is 28.3. The summed E-state index contributed by atoms with van der Waals surface area (Å²) in [6.07, 6.45) is 2.61. The molecule has 0 saturated carbocycles. The van der Waals surface area contributed by atoms with Crippen LogP contribution in [-0.2, 0) is 8.85 Å². The second-order valence-electron chi connectivity index (χ2n) is 3.16. The first-order chi connectivity index (χ1) is 5.66. The maximum Gasteiger partial charge on any atom is 0.433 e. The lowest BCUT2D eigenvalue weighted by molar-refractivity contribution is 0.171. The zero-order valence-corrected chi connectivity index (χ0v) is 9.46. The molecule has 0 rings (SSSR count). The van der Waals surface area contributed by atoms with Gasteiger partial charge in [0.2, 0.25) is 0 Å². The molecule has 0 N–H and O–H groups in total. The third-order valence-electron chi connectivity index (χ3n) is 1.55. The summed E-state index contributed by atoms with van der Waals surface area (Å²) in [6, 6.07) is 0. The molecule has 0 aromatic rings. The lowest BCUT2D eigenvalue weighted by Gasteiger charge is -2.13. The topological polar surface area (TPSA) is 21.7 Å². The maximum atomic E-state index is 5.36. The Balaban J connectivity index is 3.13. The molecule has 0 saturated heterocycles. The molecule has 0 aliphatic heterocycles. The fourth-order valence-corrected chi connectivity index (χ4v) is 1.26. The van der Waals surface area contributed by atoms with Crippen molar-refractivity contribution in [3.8, 4) is 0 Å². The molecular formula is C8H19NO2Si. The largest absolute Gasteiger partial charge is 0.433 e. The normalized spacial score (nSPS) is 13.8. The molecule has 3 nitrogen and oxygen atoms in total. The van der Waals surface area contributed by atoms with Gasteiger partial charge < -0.3 is 13.8 Å². The lowest BCUT2D eigenvalue weighted by atomic mass is 10.2. The van der Waals surface area contributed by atoms with Crippen LogP contribution in [0.3, 0.4) is 0 Å². The smallest absolute Gasteiger partial charge is 0.396 e. The number of rotatable bonds is 7. The van der Waals surface area contributed by atoms with Gasteiger partial charge in [0.05, 0.1) is 0 Å². The Morgan fingerprint density at radius 2 is 2.08 bits per heavy atom. The van der Waals surface area contributed by atoms with Crippen molar-refractivity contribution in [1.29, 1.82) is 0 Å². The second kappa shape index (κ2) is 7.73. The highest BCUT2D eigenvalue weighted by Crippen LogP contribution is 2.00. The van der Waals surface area contributed by atoms with Gasteiger partial charge in [-0.3, -0.25) is 0 Å². The van der Waals surface area contributed by atoms with Crippen LogP contribution in [0, 0.1) is 0 Å². The first-order valence-electron chi connectivity index (χ1n) is 4.25. The minimum atomic E-state index is 0.187. The first-order valence-corrected chi connectivity index (χ1v) is 5.06. The molecule has 1 atom stereocenters. The fourth-order valence-electron chi connectivity index (χ4n) is 0.884. The molecule has 2 radical (unpaired) electrons. The van der Waals surface area contributed by atoms with E-state index in [4.69, 9.17) is 8.85 Å². The van der Waals surface area contributed by atoms with Crippen LogP contribution in [0.25, 0.3) is 0 Å². The Morgan fingerprint density at radius 3 is 2.58 bits per heavy atom. The minimum Gasteiger partial charge on any atom is -0.396 e. The third kappa shape index (κ3) is 8.20. The SMILES string of the molecule is CO[Si]OC(C)CCCN(C)C. The molecule has 0 spiro atoms. The van der Waals surface area contributed by atoms with Crippen molar-refractivity contribution >= 4 is 10.0 Å². The van der Waals surface area contributed by atoms with Crippen LogP contribution in [0.15, 0.2) is 0 Å². The van der Waals surface area contributed by atoms with Crippen LogP contribution in [0.1, 0.15) is 19.8 Å². The van der Waals surface area contributed by atoms with Gasteiger partial charge in [0.25, 0.3) is 0 Å². The summed E-state index contributed by atoms with van der Waals surface area (Å²) in [5.41, 5.74) is 0. The molecule has 1 unspecified atom stereocenters. The van der Waals surface area contributed by atoms with Crippen molar-refractivity contribution in [1.82, 2.24) is 4.90 Å². The second-order valence-corrected chi connectivity index (χ2v) is 3.97. The molecule has 12 heavy (non-hydrogen) atoms. The average molecular weight is 189 g/mol. The van der Waals surface area contributed by atoms with Gasteiger partial charge in [-0.15, -0.1) is 0 Å². The monoisotopic (exact) mass is 189 g/mol. The van der Waals surface area contributed by atoms with E-state index >= 15 is 0 Å². The molecule has 0 fully saturated rings. The van der Waals surface area contributed by atoms with Crippen LogP contribution in [0.5, 0.6) is 0 Å². The highest BCUT2D eigenvalue weighted by Gasteiger charge is 2.02.